The average Bonchev–Trinajstić information content (AvgIpc) is 3.72. The number of hydrogen-bond donors (Lipinski definition) is 3. The van der Waals surface area contributed by atoms with Gasteiger partial charge in [-0.15, -0.1) is 0 Å². The fourth-order valence-corrected chi connectivity index (χ4v) is 12.3. The third kappa shape index (κ3) is 63.5. The minimum atomic E-state index is -4.95. The smallest absolute Gasteiger partial charge is 0.462 e. The van der Waals surface area contributed by atoms with E-state index in [1.54, 1.807) is 0 Å². The van der Waals surface area contributed by atoms with Crippen molar-refractivity contribution in [2.24, 2.45) is 11.8 Å². The molecule has 17 nitrogen and oxygen atoms in total. The van der Waals surface area contributed by atoms with Gasteiger partial charge in [0.2, 0.25) is 0 Å². The van der Waals surface area contributed by atoms with Gasteiger partial charge in [-0.3, -0.25) is 37.3 Å². The predicted molar refractivity (Wildman–Crippen MR) is 363 cm³/mol. The number of rotatable bonds is 70. The fraction of sp³-hybridized carbons (Fsp3) is 0.944. The molecule has 90 heavy (non-hydrogen) atoms. The Morgan fingerprint density at radius 1 is 0.322 bits per heavy atom. The van der Waals surface area contributed by atoms with Crippen LogP contribution in [-0.4, -0.2) is 96.7 Å². The van der Waals surface area contributed by atoms with Gasteiger partial charge in [-0.25, -0.2) is 9.13 Å². The highest BCUT2D eigenvalue weighted by atomic mass is 31.2. The van der Waals surface area contributed by atoms with E-state index in [0.717, 1.165) is 108 Å². The zero-order valence-electron chi connectivity index (χ0n) is 58.4. The molecular weight excluding hydrogens is 1190 g/mol. The van der Waals surface area contributed by atoms with Crippen LogP contribution in [0.4, 0.5) is 0 Å². The van der Waals surface area contributed by atoms with Crippen LogP contribution in [0.25, 0.3) is 0 Å². The Kier molecular flexibility index (Phi) is 61.8. The standard InChI is InChI=1S/C71H138O17P2/c1-7-10-12-14-15-16-31-37-43-49-55-70(75)87-66(59-81-68(73)53-47-39-13-11-8-2)61-85-89(77,78)83-57-65(72)58-84-90(79,80)86-62-67(60-82-69(74)54-48-42-36-32-28-27-30-35-41-46-52-64(6)9-3)88-71(76)56-50-44-38-33-26-24-22-20-18-17-19-21-23-25-29-34-40-45-51-63(4)5/h63-67,72H,7-62H2,1-6H3,(H,77,78)(H,79,80)/t64?,65-,66+,67+/m0/s1. The van der Waals surface area contributed by atoms with Crippen molar-refractivity contribution in [1.29, 1.82) is 0 Å². The molecule has 0 aromatic rings. The number of carbonyl (C=O) groups is 4. The monoisotopic (exact) mass is 1320 g/mol. The molecule has 0 aromatic carbocycles. The number of phosphoric ester groups is 2. The van der Waals surface area contributed by atoms with Crippen molar-refractivity contribution in [3.8, 4) is 0 Å². The van der Waals surface area contributed by atoms with Crippen molar-refractivity contribution in [3.63, 3.8) is 0 Å². The van der Waals surface area contributed by atoms with Crippen molar-refractivity contribution in [1.82, 2.24) is 0 Å². The Labute approximate surface area is 549 Å². The number of esters is 4. The van der Waals surface area contributed by atoms with Crippen molar-refractivity contribution in [2.75, 3.05) is 39.6 Å². The van der Waals surface area contributed by atoms with Gasteiger partial charge in [-0.1, -0.05) is 311 Å². The first-order valence-corrected chi connectivity index (χ1v) is 40.0. The van der Waals surface area contributed by atoms with Gasteiger partial charge in [0, 0.05) is 25.7 Å². The molecule has 6 atom stereocenters. The predicted octanol–water partition coefficient (Wildman–Crippen LogP) is 20.4. The van der Waals surface area contributed by atoms with Crippen molar-refractivity contribution in [2.45, 2.75) is 381 Å². The summed E-state index contributed by atoms with van der Waals surface area (Å²) in [6.45, 7) is 9.52. The molecule has 19 heteroatoms. The maximum atomic E-state index is 13.0. The summed E-state index contributed by atoms with van der Waals surface area (Å²) < 4.78 is 68.1. The quantitative estimate of drug-likeness (QED) is 0.0222. The molecule has 0 amide bonds. The highest BCUT2D eigenvalue weighted by molar-refractivity contribution is 7.47. The largest absolute Gasteiger partial charge is 0.472 e. The first-order chi connectivity index (χ1) is 43.4. The minimum absolute atomic E-state index is 0.105. The van der Waals surface area contributed by atoms with E-state index < -0.39 is 97.5 Å². The van der Waals surface area contributed by atoms with Crippen molar-refractivity contribution in [3.05, 3.63) is 0 Å². The molecule has 0 radical (unpaired) electrons. The summed E-state index contributed by atoms with van der Waals surface area (Å²) >= 11 is 0. The Morgan fingerprint density at radius 2 is 0.567 bits per heavy atom. The molecule has 0 bridgehead atoms. The lowest BCUT2D eigenvalue weighted by Gasteiger charge is -2.21. The summed E-state index contributed by atoms with van der Waals surface area (Å²) in [5.41, 5.74) is 0. The molecule has 3 unspecified atom stereocenters. The van der Waals surface area contributed by atoms with Crippen LogP contribution in [0.2, 0.25) is 0 Å². The Bertz CT molecular complexity index is 1750. The van der Waals surface area contributed by atoms with Gasteiger partial charge < -0.3 is 33.8 Å². The van der Waals surface area contributed by atoms with Crippen LogP contribution in [-0.2, 0) is 65.4 Å². The maximum absolute atomic E-state index is 13.0. The van der Waals surface area contributed by atoms with Crippen LogP contribution in [0, 0.1) is 11.8 Å². The number of carbonyl (C=O) groups excluding carboxylic acids is 4. The van der Waals surface area contributed by atoms with Crippen LogP contribution in [0.1, 0.15) is 363 Å². The second kappa shape index (κ2) is 63.1. The molecule has 0 spiro atoms. The molecule has 0 aliphatic rings. The summed E-state index contributed by atoms with van der Waals surface area (Å²) in [7, 11) is -9.89. The second-order valence-electron chi connectivity index (χ2n) is 26.3. The summed E-state index contributed by atoms with van der Waals surface area (Å²) in [5.74, 6) is -0.505. The second-order valence-corrected chi connectivity index (χ2v) is 29.3. The highest BCUT2D eigenvalue weighted by Gasteiger charge is 2.30. The van der Waals surface area contributed by atoms with Crippen LogP contribution >= 0.6 is 15.6 Å². The number of hydrogen-bond acceptors (Lipinski definition) is 15. The number of aliphatic hydroxyl groups excluding tert-OH is 1. The van der Waals surface area contributed by atoms with Gasteiger partial charge in [0.1, 0.15) is 19.3 Å². The summed E-state index contributed by atoms with van der Waals surface area (Å²) in [6.07, 6.45) is 49.0. The van der Waals surface area contributed by atoms with Crippen LogP contribution in [0.3, 0.4) is 0 Å². The molecule has 0 heterocycles. The Morgan fingerprint density at radius 3 is 0.844 bits per heavy atom. The van der Waals surface area contributed by atoms with Gasteiger partial charge in [0.25, 0.3) is 0 Å². The van der Waals surface area contributed by atoms with Gasteiger partial charge in [0.05, 0.1) is 26.4 Å². The number of ether oxygens (including phenoxy) is 4. The molecule has 0 aliphatic carbocycles. The third-order valence-electron chi connectivity index (χ3n) is 16.8. The number of aliphatic hydroxyl groups is 1. The normalized spacial score (nSPS) is 14.4. The van der Waals surface area contributed by atoms with E-state index in [2.05, 4.69) is 41.5 Å². The van der Waals surface area contributed by atoms with E-state index in [-0.39, 0.29) is 25.7 Å². The first kappa shape index (κ1) is 88.1. The van der Waals surface area contributed by atoms with E-state index in [4.69, 9.17) is 37.0 Å². The molecule has 0 saturated heterocycles. The van der Waals surface area contributed by atoms with E-state index in [1.165, 1.54) is 173 Å². The summed E-state index contributed by atoms with van der Waals surface area (Å²) in [6, 6.07) is 0. The zero-order chi connectivity index (χ0) is 66.5. The van der Waals surface area contributed by atoms with Gasteiger partial charge in [-0.05, 0) is 37.5 Å². The third-order valence-corrected chi connectivity index (χ3v) is 18.7. The average molecular weight is 1330 g/mol. The van der Waals surface area contributed by atoms with E-state index in [1.807, 2.05) is 0 Å². The Balaban J connectivity index is 5.12. The maximum Gasteiger partial charge on any atom is 0.472 e. The van der Waals surface area contributed by atoms with Crippen LogP contribution < -0.4 is 0 Å². The van der Waals surface area contributed by atoms with Crippen LogP contribution in [0.15, 0.2) is 0 Å². The minimum Gasteiger partial charge on any atom is -0.462 e. The van der Waals surface area contributed by atoms with Gasteiger partial charge in [-0.2, -0.15) is 0 Å². The zero-order valence-corrected chi connectivity index (χ0v) is 60.2. The lowest BCUT2D eigenvalue weighted by atomic mass is 9.99. The molecule has 0 aromatic heterocycles. The summed E-state index contributed by atoms with van der Waals surface area (Å²) in [4.78, 5) is 72.2. The van der Waals surface area contributed by atoms with E-state index in [0.29, 0.717) is 25.7 Å². The van der Waals surface area contributed by atoms with Gasteiger partial charge in [0.15, 0.2) is 12.2 Å². The fourth-order valence-electron chi connectivity index (χ4n) is 10.7. The highest BCUT2D eigenvalue weighted by Crippen LogP contribution is 2.45. The topological polar surface area (TPSA) is 237 Å². The first-order valence-electron chi connectivity index (χ1n) is 37.0. The van der Waals surface area contributed by atoms with Crippen LogP contribution in [0.5, 0.6) is 0 Å². The van der Waals surface area contributed by atoms with Gasteiger partial charge >= 0.3 is 39.5 Å². The SMILES string of the molecule is CCCCCCCCCCCCC(=O)O[C@H](COC(=O)CCCCCCC)COP(=O)(O)OC[C@H](O)COP(=O)(O)OC[C@@H](COC(=O)CCCCCCCCCCCCC(C)CC)OC(=O)CCCCCCCCCCCCCCCCCCCCC(C)C. The summed E-state index contributed by atoms with van der Waals surface area (Å²) in [5, 5.41) is 10.6. The molecule has 534 valence electrons. The molecule has 0 saturated carbocycles. The molecule has 0 aliphatic heterocycles. The van der Waals surface area contributed by atoms with E-state index >= 15 is 0 Å². The number of phosphoric acid groups is 2. The molecule has 3 N–H and O–H groups in total. The van der Waals surface area contributed by atoms with Crippen molar-refractivity contribution < 1.29 is 80.2 Å². The lowest BCUT2D eigenvalue weighted by molar-refractivity contribution is -0.161. The van der Waals surface area contributed by atoms with E-state index in [9.17, 15) is 43.2 Å². The molecule has 0 fully saturated rings. The lowest BCUT2D eigenvalue weighted by Crippen LogP contribution is -2.30. The van der Waals surface area contributed by atoms with Crippen molar-refractivity contribution >= 4 is 39.5 Å². The molecule has 0 rings (SSSR count). The Hall–Kier alpha value is -1.94. The molecular formula is C71H138O17P2. The number of unbranched alkanes of at least 4 members (excludes halogenated alkanes) is 39.